The minimum absolute atomic E-state index is 0.0609. The van der Waals surface area contributed by atoms with Crippen LogP contribution in [0.1, 0.15) is 36.7 Å². The Hall–Kier alpha value is -3.66. The fourth-order valence-corrected chi connectivity index (χ4v) is 3.17. The zero-order chi connectivity index (χ0) is 21.1. The lowest BCUT2D eigenvalue weighted by molar-refractivity contribution is 0.102. The number of carbonyl (C=O) groups excluding carboxylic acids is 1. The number of nitrogens with zero attached hydrogens (tertiary/aromatic N) is 1. The fourth-order valence-electron chi connectivity index (χ4n) is 3.17. The van der Waals surface area contributed by atoms with Crippen molar-refractivity contribution in [3.05, 3.63) is 96.2 Å². The topological polar surface area (TPSA) is 51.2 Å². The van der Waals surface area contributed by atoms with E-state index < -0.39 is 0 Å². The molecule has 0 radical (unpaired) electrons. The van der Waals surface area contributed by atoms with Crippen molar-refractivity contribution < 1.29 is 9.53 Å². The molecule has 4 aromatic rings. The molecule has 4 rings (SSSR count). The molecule has 0 saturated heterocycles. The van der Waals surface area contributed by atoms with Crippen molar-refractivity contribution in [3.63, 3.8) is 0 Å². The highest BCUT2D eigenvalue weighted by Gasteiger charge is 2.14. The third-order valence-corrected chi connectivity index (χ3v) is 4.93. The highest BCUT2D eigenvalue weighted by atomic mass is 16.5. The highest BCUT2D eigenvalue weighted by Crippen LogP contribution is 2.26. The Kier molecular flexibility index (Phi) is 5.23. The van der Waals surface area contributed by atoms with E-state index in [2.05, 4.69) is 31.1 Å². The van der Waals surface area contributed by atoms with E-state index in [-0.39, 0.29) is 11.3 Å². The number of ether oxygens (including phenoxy) is 1. The smallest absolute Gasteiger partial charge is 0.255 e. The number of nitrogens with one attached hydrogen (secondary N) is 1. The number of carbonyl (C=O) groups is 1. The van der Waals surface area contributed by atoms with Gasteiger partial charge in [0.15, 0.2) is 0 Å². The first kappa shape index (κ1) is 19.6. The molecule has 1 aromatic heterocycles. The van der Waals surface area contributed by atoms with Gasteiger partial charge in [0, 0.05) is 16.6 Å². The van der Waals surface area contributed by atoms with Crippen molar-refractivity contribution >= 4 is 22.5 Å². The van der Waals surface area contributed by atoms with Crippen molar-refractivity contribution in [3.8, 4) is 11.5 Å². The normalized spacial score (nSPS) is 11.3. The molecule has 0 bridgehead atoms. The van der Waals surface area contributed by atoms with Gasteiger partial charge < -0.3 is 10.1 Å². The van der Waals surface area contributed by atoms with Crippen LogP contribution in [0.5, 0.6) is 11.5 Å². The number of hydrogen-bond acceptors (Lipinski definition) is 3. The summed E-state index contributed by atoms with van der Waals surface area (Å²) >= 11 is 0. The number of pyridine rings is 1. The first-order valence-electron chi connectivity index (χ1n) is 9.93. The van der Waals surface area contributed by atoms with Crippen LogP contribution >= 0.6 is 0 Å². The first-order chi connectivity index (χ1) is 14.4. The van der Waals surface area contributed by atoms with Crippen molar-refractivity contribution in [2.24, 2.45) is 0 Å². The molecule has 0 fully saturated rings. The molecule has 0 unspecified atom stereocenters. The molecule has 0 aliphatic rings. The standard InChI is InChI=1S/C26H24N2O2/c1-26(2,3)20-10-8-18(9-11-20)25(29)28-21-12-14-22(15-13-21)30-23-16-19-6-4-5-7-24(19)27-17-23/h4-17H,1-3H3,(H,28,29). The number of hydrogen-bond donors (Lipinski definition) is 1. The van der Waals surface area contributed by atoms with Gasteiger partial charge in [-0.2, -0.15) is 0 Å². The number of anilines is 1. The van der Waals surface area contributed by atoms with Gasteiger partial charge in [-0.15, -0.1) is 0 Å². The number of aromatic nitrogens is 1. The zero-order valence-corrected chi connectivity index (χ0v) is 17.3. The monoisotopic (exact) mass is 396 g/mol. The Morgan fingerprint density at radius 3 is 2.27 bits per heavy atom. The van der Waals surface area contributed by atoms with E-state index in [1.165, 1.54) is 5.56 Å². The van der Waals surface area contributed by atoms with Gasteiger partial charge in [0.25, 0.3) is 5.91 Å². The SMILES string of the molecule is CC(C)(C)c1ccc(C(=O)Nc2ccc(Oc3cnc4ccccc4c3)cc2)cc1. The Morgan fingerprint density at radius 1 is 0.867 bits per heavy atom. The van der Waals surface area contributed by atoms with E-state index in [0.29, 0.717) is 22.7 Å². The number of benzene rings is 3. The van der Waals surface area contributed by atoms with Gasteiger partial charge in [0.2, 0.25) is 0 Å². The van der Waals surface area contributed by atoms with Gasteiger partial charge in [-0.05, 0) is 59.5 Å². The maximum Gasteiger partial charge on any atom is 0.255 e. The first-order valence-corrected chi connectivity index (χ1v) is 9.93. The summed E-state index contributed by atoms with van der Waals surface area (Å²) < 4.78 is 5.90. The van der Waals surface area contributed by atoms with Crippen LogP contribution < -0.4 is 10.1 Å². The fraction of sp³-hybridized carbons (Fsp3) is 0.154. The van der Waals surface area contributed by atoms with Crippen LogP contribution in [-0.4, -0.2) is 10.9 Å². The predicted molar refractivity (Wildman–Crippen MR) is 121 cm³/mol. The summed E-state index contributed by atoms with van der Waals surface area (Å²) in [6, 6.07) is 24.9. The molecule has 3 aromatic carbocycles. The summed E-state index contributed by atoms with van der Waals surface area (Å²) in [4.78, 5) is 16.9. The third kappa shape index (κ3) is 4.49. The van der Waals surface area contributed by atoms with Crippen molar-refractivity contribution in [1.82, 2.24) is 4.98 Å². The lowest BCUT2D eigenvalue weighted by atomic mass is 9.87. The van der Waals surface area contributed by atoms with E-state index in [1.807, 2.05) is 78.9 Å². The predicted octanol–water partition coefficient (Wildman–Crippen LogP) is 6.58. The minimum atomic E-state index is -0.136. The molecule has 0 atom stereocenters. The van der Waals surface area contributed by atoms with E-state index >= 15 is 0 Å². The van der Waals surface area contributed by atoms with Crippen LogP contribution in [0.2, 0.25) is 0 Å². The maximum atomic E-state index is 12.5. The van der Waals surface area contributed by atoms with Gasteiger partial charge in [-0.1, -0.05) is 51.1 Å². The maximum absolute atomic E-state index is 12.5. The molecule has 0 aliphatic heterocycles. The van der Waals surface area contributed by atoms with Crippen molar-refractivity contribution in [2.45, 2.75) is 26.2 Å². The average molecular weight is 396 g/mol. The second-order valence-corrected chi connectivity index (χ2v) is 8.27. The second kappa shape index (κ2) is 7.99. The Balaban J connectivity index is 1.42. The summed E-state index contributed by atoms with van der Waals surface area (Å²) in [5.74, 6) is 1.21. The zero-order valence-electron chi connectivity index (χ0n) is 17.3. The summed E-state index contributed by atoms with van der Waals surface area (Å²) in [5, 5.41) is 3.95. The van der Waals surface area contributed by atoms with Gasteiger partial charge in [-0.3, -0.25) is 9.78 Å². The number of rotatable bonds is 4. The van der Waals surface area contributed by atoms with Gasteiger partial charge in [0.05, 0.1) is 11.7 Å². The molecule has 1 N–H and O–H groups in total. The van der Waals surface area contributed by atoms with Crippen molar-refractivity contribution in [2.75, 3.05) is 5.32 Å². The quantitative estimate of drug-likeness (QED) is 0.424. The van der Waals surface area contributed by atoms with Crippen LogP contribution in [0.3, 0.4) is 0 Å². The largest absolute Gasteiger partial charge is 0.456 e. The van der Waals surface area contributed by atoms with Crippen LogP contribution in [0.25, 0.3) is 10.9 Å². The molecule has 30 heavy (non-hydrogen) atoms. The number of amides is 1. The molecule has 4 nitrogen and oxygen atoms in total. The Morgan fingerprint density at radius 2 is 1.57 bits per heavy atom. The molecular weight excluding hydrogens is 372 g/mol. The lowest BCUT2D eigenvalue weighted by Gasteiger charge is -2.19. The van der Waals surface area contributed by atoms with Crippen LogP contribution in [0, 0.1) is 0 Å². The average Bonchev–Trinajstić information content (AvgIpc) is 2.74. The summed E-state index contributed by atoms with van der Waals surface area (Å²) in [6.45, 7) is 6.46. The van der Waals surface area contributed by atoms with E-state index in [4.69, 9.17) is 4.74 Å². The minimum Gasteiger partial charge on any atom is -0.456 e. The molecule has 1 amide bonds. The van der Waals surface area contributed by atoms with Crippen LogP contribution in [0.4, 0.5) is 5.69 Å². The second-order valence-electron chi connectivity index (χ2n) is 8.27. The van der Waals surface area contributed by atoms with Crippen LogP contribution in [0.15, 0.2) is 85.1 Å². The molecule has 1 heterocycles. The molecule has 0 saturated carbocycles. The Bertz CT molecular complexity index is 1170. The van der Waals surface area contributed by atoms with Gasteiger partial charge >= 0.3 is 0 Å². The molecule has 4 heteroatoms. The molecule has 0 spiro atoms. The van der Waals surface area contributed by atoms with Crippen LogP contribution in [-0.2, 0) is 5.41 Å². The van der Waals surface area contributed by atoms with E-state index in [0.717, 1.165) is 10.9 Å². The Labute approximate surface area is 176 Å². The number of fused-ring (bicyclic) bond motifs is 1. The number of para-hydroxylation sites is 1. The molecule has 0 aliphatic carbocycles. The highest BCUT2D eigenvalue weighted by molar-refractivity contribution is 6.04. The lowest BCUT2D eigenvalue weighted by Crippen LogP contribution is -2.14. The molecular formula is C26H24N2O2. The van der Waals surface area contributed by atoms with E-state index in [9.17, 15) is 4.79 Å². The third-order valence-electron chi connectivity index (χ3n) is 4.93. The summed E-state index contributed by atoms with van der Waals surface area (Å²) in [6.07, 6.45) is 1.71. The van der Waals surface area contributed by atoms with Gasteiger partial charge in [0.1, 0.15) is 11.5 Å². The molecule has 150 valence electrons. The van der Waals surface area contributed by atoms with E-state index in [1.54, 1.807) is 6.20 Å². The summed E-state index contributed by atoms with van der Waals surface area (Å²) in [7, 11) is 0. The van der Waals surface area contributed by atoms with Crippen molar-refractivity contribution in [1.29, 1.82) is 0 Å². The summed E-state index contributed by atoms with van der Waals surface area (Å²) in [5.41, 5.74) is 3.53. The van der Waals surface area contributed by atoms with Gasteiger partial charge in [-0.25, -0.2) is 0 Å².